The van der Waals surface area contributed by atoms with Crippen LogP contribution in [-0.4, -0.2) is 23.4 Å². The van der Waals surface area contributed by atoms with E-state index in [4.69, 9.17) is 5.26 Å². The molecule has 3 nitrogen and oxygen atoms in total. The quantitative estimate of drug-likeness (QED) is 0.661. The summed E-state index contributed by atoms with van der Waals surface area (Å²) in [6.07, 6.45) is 2.48. The van der Waals surface area contributed by atoms with E-state index in [2.05, 4.69) is 13.0 Å². The van der Waals surface area contributed by atoms with Crippen molar-refractivity contribution in [2.45, 2.75) is 39.2 Å². The predicted octanol–water partition coefficient (Wildman–Crippen LogP) is 1.55. The van der Waals surface area contributed by atoms with E-state index < -0.39 is 0 Å². The smallest absolute Gasteiger partial charge is 0.223 e. The topological polar surface area (TPSA) is 44.1 Å². The molecule has 1 rings (SSSR count). The van der Waals surface area contributed by atoms with Gasteiger partial charge in [-0.2, -0.15) is 5.26 Å². The molecular formula is C10H16N2O. The monoisotopic (exact) mass is 180 g/mol. The fourth-order valence-corrected chi connectivity index (χ4v) is 1.69. The maximum absolute atomic E-state index is 11.4. The first kappa shape index (κ1) is 10.0. The third-order valence-electron chi connectivity index (χ3n) is 2.76. The Morgan fingerprint density at radius 1 is 1.69 bits per heavy atom. The van der Waals surface area contributed by atoms with Crippen LogP contribution in [0.5, 0.6) is 0 Å². The van der Waals surface area contributed by atoms with E-state index in [0.717, 1.165) is 19.4 Å². The maximum Gasteiger partial charge on any atom is 0.223 e. The van der Waals surface area contributed by atoms with Gasteiger partial charge in [-0.25, -0.2) is 0 Å². The van der Waals surface area contributed by atoms with Crippen molar-refractivity contribution in [2.24, 2.45) is 5.92 Å². The average molecular weight is 180 g/mol. The molecule has 72 valence electrons. The summed E-state index contributed by atoms with van der Waals surface area (Å²) in [5.74, 6) is 0.430. The number of likely N-dealkylation sites (tertiary alicyclic amines) is 1. The molecule has 2 unspecified atom stereocenters. The Balaban J connectivity index is 2.66. The van der Waals surface area contributed by atoms with Gasteiger partial charge in [0, 0.05) is 13.0 Å². The maximum atomic E-state index is 11.4. The predicted molar refractivity (Wildman–Crippen MR) is 49.8 cm³/mol. The number of hydrogen-bond acceptors (Lipinski definition) is 2. The SMILES string of the molecule is CCC(C)C(C#N)N1CCCC1=O. The van der Waals surface area contributed by atoms with Gasteiger partial charge < -0.3 is 4.90 Å². The van der Waals surface area contributed by atoms with Gasteiger partial charge in [0.05, 0.1) is 6.07 Å². The summed E-state index contributed by atoms with van der Waals surface area (Å²) in [6, 6.07) is 2.02. The molecule has 1 amide bonds. The van der Waals surface area contributed by atoms with Gasteiger partial charge in [-0.1, -0.05) is 20.3 Å². The highest BCUT2D eigenvalue weighted by Crippen LogP contribution is 2.20. The Hall–Kier alpha value is -1.04. The second-order valence-corrected chi connectivity index (χ2v) is 3.65. The van der Waals surface area contributed by atoms with Gasteiger partial charge in [0.25, 0.3) is 0 Å². The van der Waals surface area contributed by atoms with Crippen LogP contribution in [0.25, 0.3) is 0 Å². The summed E-state index contributed by atoms with van der Waals surface area (Å²) in [4.78, 5) is 13.1. The Morgan fingerprint density at radius 3 is 2.77 bits per heavy atom. The Bertz CT molecular complexity index is 232. The van der Waals surface area contributed by atoms with Crippen LogP contribution in [0, 0.1) is 17.2 Å². The molecule has 0 aromatic carbocycles. The molecule has 2 atom stereocenters. The van der Waals surface area contributed by atoms with E-state index in [1.165, 1.54) is 0 Å². The highest BCUT2D eigenvalue weighted by molar-refractivity contribution is 5.78. The number of nitrogens with zero attached hydrogens (tertiary/aromatic N) is 2. The van der Waals surface area contributed by atoms with Gasteiger partial charge in [-0.05, 0) is 12.3 Å². The molecule has 0 N–H and O–H groups in total. The zero-order valence-corrected chi connectivity index (χ0v) is 8.29. The summed E-state index contributed by atoms with van der Waals surface area (Å²) in [7, 11) is 0. The second-order valence-electron chi connectivity index (χ2n) is 3.65. The van der Waals surface area contributed by atoms with E-state index in [9.17, 15) is 4.79 Å². The molecule has 0 aromatic heterocycles. The number of carbonyl (C=O) groups excluding carboxylic acids is 1. The molecule has 1 heterocycles. The Morgan fingerprint density at radius 2 is 2.38 bits per heavy atom. The lowest BCUT2D eigenvalue weighted by atomic mass is 9.99. The molecule has 0 radical (unpaired) electrons. The fraction of sp³-hybridized carbons (Fsp3) is 0.800. The van der Waals surface area contributed by atoms with Crippen LogP contribution in [0.2, 0.25) is 0 Å². The van der Waals surface area contributed by atoms with Crippen molar-refractivity contribution in [3.63, 3.8) is 0 Å². The van der Waals surface area contributed by atoms with E-state index in [0.29, 0.717) is 6.42 Å². The first-order chi connectivity index (χ1) is 6.20. The van der Waals surface area contributed by atoms with Gasteiger partial charge >= 0.3 is 0 Å². The highest BCUT2D eigenvalue weighted by Gasteiger charge is 2.30. The summed E-state index contributed by atoms with van der Waals surface area (Å²) in [6.45, 7) is 4.84. The lowest BCUT2D eigenvalue weighted by molar-refractivity contribution is -0.129. The number of nitriles is 1. The van der Waals surface area contributed by atoms with Crippen LogP contribution < -0.4 is 0 Å². The van der Waals surface area contributed by atoms with Crippen molar-refractivity contribution >= 4 is 5.91 Å². The molecule has 13 heavy (non-hydrogen) atoms. The van der Waals surface area contributed by atoms with Crippen molar-refractivity contribution in [1.82, 2.24) is 4.90 Å². The van der Waals surface area contributed by atoms with Gasteiger partial charge in [0.1, 0.15) is 6.04 Å². The molecule has 0 bridgehead atoms. The van der Waals surface area contributed by atoms with E-state index >= 15 is 0 Å². The molecule has 0 aliphatic carbocycles. The van der Waals surface area contributed by atoms with Gasteiger partial charge in [-0.15, -0.1) is 0 Å². The van der Waals surface area contributed by atoms with Crippen LogP contribution in [-0.2, 0) is 4.79 Å². The normalized spacial score (nSPS) is 21.3. The van der Waals surface area contributed by atoms with Crippen molar-refractivity contribution in [3.05, 3.63) is 0 Å². The van der Waals surface area contributed by atoms with E-state index in [1.54, 1.807) is 4.90 Å². The summed E-state index contributed by atoms with van der Waals surface area (Å²) < 4.78 is 0. The minimum Gasteiger partial charge on any atom is -0.326 e. The van der Waals surface area contributed by atoms with Crippen LogP contribution in [0.3, 0.4) is 0 Å². The molecule has 0 saturated carbocycles. The zero-order valence-electron chi connectivity index (χ0n) is 8.29. The molecule has 0 spiro atoms. The molecule has 1 fully saturated rings. The molecular weight excluding hydrogens is 164 g/mol. The summed E-state index contributed by atoms with van der Waals surface area (Å²) in [5, 5.41) is 8.96. The summed E-state index contributed by atoms with van der Waals surface area (Å²) in [5.41, 5.74) is 0. The number of hydrogen-bond donors (Lipinski definition) is 0. The van der Waals surface area contributed by atoms with Crippen LogP contribution in [0.15, 0.2) is 0 Å². The third-order valence-corrected chi connectivity index (χ3v) is 2.76. The minimum absolute atomic E-state index is 0.145. The standard InChI is InChI=1S/C10H16N2O/c1-3-8(2)9(7-11)12-6-4-5-10(12)13/h8-9H,3-6H2,1-2H3. The Kier molecular flexibility index (Phi) is 3.30. The van der Waals surface area contributed by atoms with Gasteiger partial charge in [0.2, 0.25) is 5.91 Å². The zero-order chi connectivity index (χ0) is 9.84. The first-order valence-electron chi connectivity index (χ1n) is 4.89. The molecule has 1 aliphatic rings. The lowest BCUT2D eigenvalue weighted by Crippen LogP contribution is -2.39. The highest BCUT2D eigenvalue weighted by atomic mass is 16.2. The van der Waals surface area contributed by atoms with E-state index in [1.807, 2.05) is 6.92 Å². The largest absolute Gasteiger partial charge is 0.326 e. The number of rotatable bonds is 3. The van der Waals surface area contributed by atoms with E-state index in [-0.39, 0.29) is 17.9 Å². The summed E-state index contributed by atoms with van der Waals surface area (Å²) >= 11 is 0. The Labute approximate surface area is 79.3 Å². The minimum atomic E-state index is -0.208. The number of carbonyl (C=O) groups is 1. The van der Waals surface area contributed by atoms with Crippen LogP contribution in [0.1, 0.15) is 33.1 Å². The van der Waals surface area contributed by atoms with Crippen LogP contribution in [0.4, 0.5) is 0 Å². The lowest BCUT2D eigenvalue weighted by Gasteiger charge is -2.26. The molecule has 0 aromatic rings. The van der Waals surface area contributed by atoms with Crippen molar-refractivity contribution in [3.8, 4) is 6.07 Å². The molecule has 3 heteroatoms. The number of amides is 1. The van der Waals surface area contributed by atoms with Crippen LogP contribution >= 0.6 is 0 Å². The van der Waals surface area contributed by atoms with Gasteiger partial charge in [0.15, 0.2) is 0 Å². The van der Waals surface area contributed by atoms with Crippen molar-refractivity contribution in [1.29, 1.82) is 5.26 Å². The molecule has 1 aliphatic heterocycles. The average Bonchev–Trinajstić information content (AvgIpc) is 2.53. The van der Waals surface area contributed by atoms with Crippen molar-refractivity contribution in [2.75, 3.05) is 6.54 Å². The van der Waals surface area contributed by atoms with Gasteiger partial charge in [-0.3, -0.25) is 4.79 Å². The third kappa shape index (κ3) is 2.00. The van der Waals surface area contributed by atoms with Crippen molar-refractivity contribution < 1.29 is 4.79 Å². The molecule has 1 saturated heterocycles. The second kappa shape index (κ2) is 4.27. The first-order valence-corrected chi connectivity index (χ1v) is 4.89. The fourth-order valence-electron chi connectivity index (χ4n) is 1.69.